The van der Waals surface area contributed by atoms with Gasteiger partial charge in [-0.1, -0.05) is 17.8 Å². The van der Waals surface area contributed by atoms with Crippen molar-refractivity contribution in [3.8, 4) is 0 Å². The molecule has 0 aromatic carbocycles. The van der Waals surface area contributed by atoms with Crippen molar-refractivity contribution in [1.82, 2.24) is 14.9 Å². The average molecular weight is 354 g/mol. The van der Waals surface area contributed by atoms with Gasteiger partial charge in [0.25, 0.3) is 0 Å². The van der Waals surface area contributed by atoms with Crippen molar-refractivity contribution < 1.29 is 9.59 Å². The smallest absolute Gasteiger partial charge is 0.229 e. The van der Waals surface area contributed by atoms with Gasteiger partial charge in [0.15, 0.2) is 0 Å². The molecule has 1 aliphatic carbocycles. The zero-order valence-corrected chi connectivity index (χ0v) is 14.4. The van der Waals surface area contributed by atoms with E-state index in [0.717, 1.165) is 22.9 Å². The third-order valence-electron chi connectivity index (χ3n) is 4.37. The summed E-state index contributed by atoms with van der Waals surface area (Å²) in [5, 5.41) is 4.53. The molecule has 1 N–H and O–H groups in total. The lowest BCUT2D eigenvalue weighted by Gasteiger charge is -2.15. The molecule has 2 aromatic rings. The summed E-state index contributed by atoms with van der Waals surface area (Å²) in [7, 11) is 0. The number of amides is 2. The predicted molar refractivity (Wildman–Crippen MR) is 94.1 cm³/mol. The normalized spacial score (nSPS) is 19.9. The van der Waals surface area contributed by atoms with E-state index < -0.39 is 0 Å². The highest BCUT2D eigenvalue weighted by Gasteiger charge is 2.41. The molecule has 1 saturated heterocycles. The third-order valence-corrected chi connectivity index (χ3v) is 5.25. The van der Waals surface area contributed by atoms with Crippen molar-refractivity contribution >= 4 is 29.3 Å². The van der Waals surface area contributed by atoms with Gasteiger partial charge in [0.1, 0.15) is 10.1 Å². The van der Waals surface area contributed by atoms with E-state index in [1.165, 1.54) is 11.8 Å². The van der Waals surface area contributed by atoms with E-state index in [1.807, 2.05) is 29.2 Å². The fraction of sp³-hybridized carbons (Fsp3) is 0.333. The number of likely N-dealkylation sites (tertiary alicyclic amines) is 1. The Morgan fingerprint density at radius 1 is 1.16 bits per heavy atom. The molecule has 1 aliphatic heterocycles. The highest BCUT2D eigenvalue weighted by Crippen LogP contribution is 2.33. The number of carbonyl (C=O) groups is 2. The zero-order chi connectivity index (χ0) is 17.2. The molecule has 25 heavy (non-hydrogen) atoms. The van der Waals surface area contributed by atoms with Crippen LogP contribution in [0.5, 0.6) is 0 Å². The van der Waals surface area contributed by atoms with Gasteiger partial charge >= 0.3 is 0 Å². The van der Waals surface area contributed by atoms with Crippen LogP contribution in [0.4, 0.5) is 5.69 Å². The maximum absolute atomic E-state index is 12.5. The lowest BCUT2D eigenvalue weighted by Crippen LogP contribution is -2.29. The highest BCUT2D eigenvalue weighted by molar-refractivity contribution is 7.99. The molecule has 7 heteroatoms. The summed E-state index contributed by atoms with van der Waals surface area (Å²) in [6.45, 7) is 0.538. The number of rotatable bonds is 5. The molecule has 1 atom stereocenters. The van der Waals surface area contributed by atoms with Gasteiger partial charge in [-0.05, 0) is 37.1 Å². The van der Waals surface area contributed by atoms with E-state index in [9.17, 15) is 9.59 Å². The van der Waals surface area contributed by atoms with Crippen molar-refractivity contribution in [2.75, 3.05) is 11.9 Å². The van der Waals surface area contributed by atoms with Gasteiger partial charge in [-0.15, -0.1) is 0 Å². The van der Waals surface area contributed by atoms with Crippen LogP contribution < -0.4 is 5.32 Å². The van der Waals surface area contributed by atoms with Crippen molar-refractivity contribution in [3.05, 3.63) is 42.7 Å². The molecule has 2 amide bonds. The van der Waals surface area contributed by atoms with Gasteiger partial charge in [0, 0.05) is 37.1 Å². The molecule has 0 spiro atoms. The molecule has 128 valence electrons. The first-order valence-electron chi connectivity index (χ1n) is 8.34. The molecule has 0 radical (unpaired) electrons. The third kappa shape index (κ3) is 3.82. The van der Waals surface area contributed by atoms with Gasteiger partial charge in [0.2, 0.25) is 11.8 Å². The minimum Gasteiger partial charge on any atom is -0.339 e. The number of hydrogen-bond donors (Lipinski definition) is 1. The number of nitrogens with zero attached hydrogens (tertiary/aromatic N) is 3. The highest BCUT2D eigenvalue weighted by atomic mass is 32.2. The second kappa shape index (κ2) is 6.84. The first-order valence-corrected chi connectivity index (χ1v) is 9.16. The lowest BCUT2D eigenvalue weighted by molar-refractivity contribution is -0.128. The second-order valence-corrected chi connectivity index (χ2v) is 7.36. The molecule has 1 unspecified atom stereocenters. The minimum atomic E-state index is -0.270. The molecular weight excluding hydrogens is 336 g/mol. The molecule has 4 rings (SSSR count). The molecule has 2 aromatic heterocycles. The lowest BCUT2D eigenvalue weighted by atomic mass is 10.1. The Bertz CT molecular complexity index is 795. The Morgan fingerprint density at radius 3 is 2.76 bits per heavy atom. The Morgan fingerprint density at radius 2 is 2.00 bits per heavy atom. The van der Waals surface area contributed by atoms with E-state index in [2.05, 4.69) is 15.3 Å². The monoisotopic (exact) mass is 354 g/mol. The Hall–Kier alpha value is -2.41. The molecular formula is C18H18N4O2S. The van der Waals surface area contributed by atoms with E-state index in [-0.39, 0.29) is 17.7 Å². The number of hydrogen-bond acceptors (Lipinski definition) is 5. The quantitative estimate of drug-likeness (QED) is 0.893. The van der Waals surface area contributed by atoms with Crippen LogP contribution in [0.2, 0.25) is 0 Å². The van der Waals surface area contributed by atoms with Crippen LogP contribution in [0.25, 0.3) is 0 Å². The van der Waals surface area contributed by atoms with Crippen LogP contribution in [-0.4, -0.2) is 39.3 Å². The number of anilines is 1. The summed E-state index contributed by atoms with van der Waals surface area (Å²) in [6.07, 6.45) is 5.84. The first kappa shape index (κ1) is 16.1. The van der Waals surface area contributed by atoms with E-state index in [0.29, 0.717) is 24.7 Å². The van der Waals surface area contributed by atoms with Crippen molar-refractivity contribution in [1.29, 1.82) is 0 Å². The number of nitrogens with one attached hydrogen (secondary N) is 1. The minimum absolute atomic E-state index is 0.100. The molecule has 1 saturated carbocycles. The van der Waals surface area contributed by atoms with E-state index >= 15 is 0 Å². The number of pyridine rings is 2. The van der Waals surface area contributed by atoms with Gasteiger partial charge < -0.3 is 10.2 Å². The van der Waals surface area contributed by atoms with Crippen LogP contribution in [-0.2, 0) is 9.59 Å². The first-order chi connectivity index (χ1) is 12.2. The maximum Gasteiger partial charge on any atom is 0.229 e. The van der Waals surface area contributed by atoms with Crippen LogP contribution in [0.15, 0.2) is 52.8 Å². The largest absolute Gasteiger partial charge is 0.339 e. The molecule has 2 fully saturated rings. The Balaban J connectivity index is 1.40. The van der Waals surface area contributed by atoms with Crippen LogP contribution in [0.3, 0.4) is 0 Å². The van der Waals surface area contributed by atoms with Crippen LogP contribution in [0.1, 0.15) is 19.3 Å². The van der Waals surface area contributed by atoms with Gasteiger partial charge in [-0.2, -0.15) is 0 Å². The van der Waals surface area contributed by atoms with Gasteiger partial charge in [-0.3, -0.25) is 9.59 Å². The molecule has 6 nitrogen and oxygen atoms in total. The Labute approximate surface area is 150 Å². The fourth-order valence-electron chi connectivity index (χ4n) is 2.95. The van der Waals surface area contributed by atoms with Gasteiger partial charge in [-0.25, -0.2) is 9.97 Å². The van der Waals surface area contributed by atoms with Crippen LogP contribution in [0, 0.1) is 5.92 Å². The predicted octanol–water partition coefficient (Wildman–Crippen LogP) is 2.58. The summed E-state index contributed by atoms with van der Waals surface area (Å²) in [6, 6.07) is 9.65. The average Bonchev–Trinajstić information content (AvgIpc) is 3.38. The number of aromatic nitrogens is 2. The summed E-state index contributed by atoms with van der Waals surface area (Å²) in [4.78, 5) is 34.9. The zero-order valence-electron chi connectivity index (χ0n) is 13.6. The van der Waals surface area contributed by atoms with E-state index in [4.69, 9.17) is 0 Å². The number of carbonyl (C=O) groups excluding carboxylic acids is 2. The second-order valence-electron chi connectivity index (χ2n) is 6.32. The van der Waals surface area contributed by atoms with Crippen molar-refractivity contribution in [2.24, 2.45) is 5.92 Å². The SMILES string of the molecule is O=C(Nc1ccnc(Sc2ccccn2)c1)C1CC(=O)N(C2CC2)C1. The van der Waals surface area contributed by atoms with Gasteiger partial charge in [0.05, 0.1) is 5.92 Å². The summed E-state index contributed by atoms with van der Waals surface area (Å²) >= 11 is 1.44. The summed E-state index contributed by atoms with van der Waals surface area (Å²) in [5.74, 6) is -0.270. The van der Waals surface area contributed by atoms with Crippen molar-refractivity contribution in [2.45, 2.75) is 35.4 Å². The van der Waals surface area contributed by atoms with E-state index in [1.54, 1.807) is 18.5 Å². The molecule has 0 bridgehead atoms. The summed E-state index contributed by atoms with van der Waals surface area (Å²) < 4.78 is 0. The molecule has 2 aliphatic rings. The van der Waals surface area contributed by atoms with Crippen LogP contribution >= 0.6 is 11.8 Å². The topological polar surface area (TPSA) is 75.2 Å². The Kier molecular flexibility index (Phi) is 4.40. The molecule has 3 heterocycles. The maximum atomic E-state index is 12.5. The summed E-state index contributed by atoms with van der Waals surface area (Å²) in [5.41, 5.74) is 0.691. The fourth-order valence-corrected chi connectivity index (χ4v) is 3.72. The van der Waals surface area contributed by atoms with Crippen molar-refractivity contribution in [3.63, 3.8) is 0 Å². The standard InChI is InChI=1S/C18H18N4O2S/c23-17-9-12(11-22(17)14-4-5-14)18(24)21-13-6-8-20-16(10-13)25-15-3-1-2-7-19-15/h1-3,6-8,10,12,14H,4-5,9,11H2,(H,20,21,24).